The van der Waals surface area contributed by atoms with Crippen molar-refractivity contribution in [2.75, 3.05) is 43.4 Å². The molecule has 2 N–H and O–H groups in total. The van der Waals surface area contributed by atoms with Crippen LogP contribution < -0.4 is 15.5 Å². The maximum atomic E-state index is 4.50. The Kier molecular flexibility index (Phi) is 2.84. The molecular weight excluding hydrogens is 176 g/mol. The lowest BCUT2D eigenvalue weighted by Gasteiger charge is -2.28. The fourth-order valence-electron chi connectivity index (χ4n) is 1.63. The van der Waals surface area contributed by atoms with Crippen LogP contribution in [0.3, 0.4) is 0 Å². The molecule has 1 aliphatic heterocycles. The Morgan fingerprint density at radius 2 is 2.14 bits per heavy atom. The number of anilines is 2. The Balaban J connectivity index is 2.13. The molecule has 0 unspecified atom stereocenters. The molecule has 0 bridgehead atoms. The van der Waals surface area contributed by atoms with Gasteiger partial charge in [0.15, 0.2) is 0 Å². The summed E-state index contributed by atoms with van der Waals surface area (Å²) < 4.78 is 0. The molecule has 1 fully saturated rings. The van der Waals surface area contributed by atoms with E-state index in [2.05, 4.69) is 26.6 Å². The molecule has 2 rings (SSSR count). The monoisotopic (exact) mass is 192 g/mol. The molecule has 76 valence electrons. The highest BCUT2D eigenvalue weighted by Gasteiger charge is 2.11. The van der Waals surface area contributed by atoms with Gasteiger partial charge >= 0.3 is 0 Å². The van der Waals surface area contributed by atoms with Gasteiger partial charge in [-0.2, -0.15) is 0 Å². The van der Waals surface area contributed by atoms with Gasteiger partial charge in [0, 0.05) is 33.2 Å². The molecule has 0 aromatic carbocycles. The fraction of sp³-hybridized carbons (Fsp3) is 0.500. The summed E-state index contributed by atoms with van der Waals surface area (Å²) in [6.45, 7) is 4.18. The van der Waals surface area contributed by atoms with Crippen LogP contribution in [0.15, 0.2) is 18.2 Å². The Bertz CT molecular complexity index is 294. The second-order valence-corrected chi connectivity index (χ2v) is 3.37. The minimum atomic E-state index is 0.932. The van der Waals surface area contributed by atoms with Gasteiger partial charge in [0.1, 0.15) is 11.6 Å². The van der Waals surface area contributed by atoms with Crippen LogP contribution in [-0.2, 0) is 0 Å². The van der Waals surface area contributed by atoms with Gasteiger partial charge in [-0.05, 0) is 12.1 Å². The lowest BCUT2D eigenvalue weighted by Crippen LogP contribution is -2.43. The summed E-state index contributed by atoms with van der Waals surface area (Å²) in [7, 11) is 1.89. The Labute approximate surface area is 84.3 Å². The fourth-order valence-corrected chi connectivity index (χ4v) is 1.63. The Morgan fingerprint density at radius 1 is 1.36 bits per heavy atom. The van der Waals surface area contributed by atoms with E-state index >= 15 is 0 Å². The maximum absolute atomic E-state index is 4.50. The highest BCUT2D eigenvalue weighted by Crippen LogP contribution is 2.13. The van der Waals surface area contributed by atoms with Crippen LogP contribution in [0.2, 0.25) is 0 Å². The van der Waals surface area contributed by atoms with E-state index in [1.807, 2.05) is 19.2 Å². The first-order valence-electron chi connectivity index (χ1n) is 5.00. The molecule has 1 aromatic rings. The lowest BCUT2D eigenvalue weighted by molar-refractivity contribution is 0.585. The van der Waals surface area contributed by atoms with Gasteiger partial charge in [-0.15, -0.1) is 0 Å². The summed E-state index contributed by atoms with van der Waals surface area (Å²) >= 11 is 0. The van der Waals surface area contributed by atoms with Crippen LogP contribution in [0, 0.1) is 0 Å². The van der Waals surface area contributed by atoms with Gasteiger partial charge < -0.3 is 15.5 Å². The average Bonchev–Trinajstić information content (AvgIpc) is 2.30. The standard InChI is InChI=1S/C10H16N4/c1-11-9-3-2-4-10(13-9)14-7-5-12-6-8-14/h2-4,12H,5-8H2,1H3,(H,11,13). The van der Waals surface area contributed by atoms with E-state index in [4.69, 9.17) is 0 Å². The molecule has 1 saturated heterocycles. The number of aromatic nitrogens is 1. The topological polar surface area (TPSA) is 40.2 Å². The third-order valence-electron chi connectivity index (χ3n) is 2.43. The molecule has 1 aromatic heterocycles. The first-order chi connectivity index (χ1) is 6.90. The van der Waals surface area contributed by atoms with E-state index in [0.717, 1.165) is 37.8 Å². The van der Waals surface area contributed by atoms with E-state index in [0.29, 0.717) is 0 Å². The van der Waals surface area contributed by atoms with Crippen molar-refractivity contribution >= 4 is 11.6 Å². The van der Waals surface area contributed by atoms with Crippen LogP contribution in [-0.4, -0.2) is 38.2 Å². The summed E-state index contributed by atoms with van der Waals surface area (Å²) in [5.74, 6) is 2.00. The predicted molar refractivity (Wildman–Crippen MR) is 58.9 cm³/mol. The second kappa shape index (κ2) is 4.28. The average molecular weight is 192 g/mol. The lowest BCUT2D eigenvalue weighted by atomic mass is 10.3. The number of nitrogens with one attached hydrogen (secondary N) is 2. The van der Waals surface area contributed by atoms with Crippen molar-refractivity contribution in [3.8, 4) is 0 Å². The Morgan fingerprint density at radius 3 is 2.86 bits per heavy atom. The summed E-state index contributed by atoms with van der Waals surface area (Å²) in [6.07, 6.45) is 0. The molecule has 0 aliphatic carbocycles. The molecule has 14 heavy (non-hydrogen) atoms. The summed E-state index contributed by atoms with van der Waals surface area (Å²) in [6, 6.07) is 6.08. The van der Waals surface area contributed by atoms with Gasteiger partial charge in [0.2, 0.25) is 0 Å². The van der Waals surface area contributed by atoms with Gasteiger partial charge in [0.05, 0.1) is 0 Å². The maximum Gasteiger partial charge on any atom is 0.131 e. The van der Waals surface area contributed by atoms with Crippen LogP contribution in [0.5, 0.6) is 0 Å². The number of nitrogens with zero attached hydrogens (tertiary/aromatic N) is 2. The van der Waals surface area contributed by atoms with Crippen molar-refractivity contribution in [2.24, 2.45) is 0 Å². The minimum absolute atomic E-state index is 0.932. The van der Waals surface area contributed by atoms with Crippen LogP contribution in [0.25, 0.3) is 0 Å². The third kappa shape index (κ3) is 1.96. The predicted octanol–water partition coefficient (Wildman–Crippen LogP) is 0.533. The van der Waals surface area contributed by atoms with Gasteiger partial charge in [0.25, 0.3) is 0 Å². The molecule has 0 radical (unpaired) electrons. The number of pyridine rings is 1. The number of hydrogen-bond acceptors (Lipinski definition) is 4. The molecule has 4 heteroatoms. The van der Waals surface area contributed by atoms with Gasteiger partial charge in [-0.3, -0.25) is 0 Å². The van der Waals surface area contributed by atoms with Gasteiger partial charge in [-0.25, -0.2) is 4.98 Å². The molecular formula is C10H16N4. The van der Waals surface area contributed by atoms with E-state index in [9.17, 15) is 0 Å². The van der Waals surface area contributed by atoms with Crippen molar-refractivity contribution in [1.82, 2.24) is 10.3 Å². The molecule has 0 amide bonds. The highest BCUT2D eigenvalue weighted by molar-refractivity contribution is 5.47. The Hall–Kier alpha value is -1.29. The van der Waals surface area contributed by atoms with Crippen molar-refractivity contribution in [3.63, 3.8) is 0 Å². The van der Waals surface area contributed by atoms with E-state index in [1.165, 1.54) is 0 Å². The minimum Gasteiger partial charge on any atom is -0.373 e. The third-order valence-corrected chi connectivity index (χ3v) is 2.43. The molecule has 0 saturated carbocycles. The first kappa shape index (κ1) is 9.27. The van der Waals surface area contributed by atoms with Crippen LogP contribution >= 0.6 is 0 Å². The second-order valence-electron chi connectivity index (χ2n) is 3.37. The van der Waals surface area contributed by atoms with Crippen molar-refractivity contribution < 1.29 is 0 Å². The van der Waals surface area contributed by atoms with Crippen LogP contribution in [0.1, 0.15) is 0 Å². The molecule has 2 heterocycles. The van der Waals surface area contributed by atoms with E-state index < -0.39 is 0 Å². The summed E-state index contributed by atoms with van der Waals surface area (Å²) in [5, 5.41) is 6.38. The first-order valence-corrected chi connectivity index (χ1v) is 5.00. The zero-order chi connectivity index (χ0) is 9.80. The molecule has 4 nitrogen and oxygen atoms in total. The zero-order valence-corrected chi connectivity index (χ0v) is 8.45. The quantitative estimate of drug-likeness (QED) is 0.717. The molecule has 0 spiro atoms. The molecule has 0 atom stereocenters. The summed E-state index contributed by atoms with van der Waals surface area (Å²) in [5.41, 5.74) is 0. The van der Waals surface area contributed by atoms with E-state index in [-0.39, 0.29) is 0 Å². The largest absolute Gasteiger partial charge is 0.373 e. The van der Waals surface area contributed by atoms with Crippen molar-refractivity contribution in [1.29, 1.82) is 0 Å². The van der Waals surface area contributed by atoms with Gasteiger partial charge in [-0.1, -0.05) is 6.07 Å². The van der Waals surface area contributed by atoms with E-state index in [1.54, 1.807) is 0 Å². The smallest absolute Gasteiger partial charge is 0.131 e. The SMILES string of the molecule is CNc1cccc(N2CCNCC2)n1. The van der Waals surface area contributed by atoms with Crippen molar-refractivity contribution in [2.45, 2.75) is 0 Å². The summed E-state index contributed by atoms with van der Waals surface area (Å²) in [4.78, 5) is 6.80. The zero-order valence-electron chi connectivity index (χ0n) is 8.45. The van der Waals surface area contributed by atoms with Crippen LogP contribution in [0.4, 0.5) is 11.6 Å². The normalized spacial score (nSPS) is 16.8. The highest BCUT2D eigenvalue weighted by atomic mass is 15.2. The molecule has 1 aliphatic rings. The number of rotatable bonds is 2. The van der Waals surface area contributed by atoms with Crippen molar-refractivity contribution in [3.05, 3.63) is 18.2 Å². The number of hydrogen-bond donors (Lipinski definition) is 2. The number of piperazine rings is 1.